The van der Waals surface area contributed by atoms with Gasteiger partial charge in [0.1, 0.15) is 25.4 Å². The Hall–Kier alpha value is -2.12. The van der Waals surface area contributed by atoms with E-state index in [2.05, 4.69) is 9.97 Å². The summed E-state index contributed by atoms with van der Waals surface area (Å²) in [5, 5.41) is 0.726. The molecule has 1 aromatic heterocycles. The Morgan fingerprint density at radius 1 is 0.905 bits per heavy atom. The zero-order chi connectivity index (χ0) is 15.1. The molecule has 0 saturated heterocycles. The van der Waals surface area contributed by atoms with Gasteiger partial charge in [-0.15, -0.1) is 0 Å². The predicted molar refractivity (Wildman–Crippen MR) is 78.7 cm³/mol. The summed E-state index contributed by atoms with van der Waals surface area (Å²) in [5.41, 5.74) is 6.56. The largest absolute Gasteiger partial charge is 0.487 e. The summed E-state index contributed by atoms with van der Waals surface area (Å²) in [5.74, 6) is 1.57. The van der Waals surface area contributed by atoms with Crippen LogP contribution in [0.3, 0.4) is 0 Å². The van der Waals surface area contributed by atoms with Crippen LogP contribution in [0.1, 0.15) is 0 Å². The van der Waals surface area contributed by atoms with Gasteiger partial charge in [0.15, 0.2) is 11.5 Å². The smallest absolute Gasteiger partial charge is 0.163 e. The van der Waals surface area contributed by atoms with Crippen molar-refractivity contribution in [3.05, 3.63) is 18.5 Å². The first-order valence-corrected chi connectivity index (χ1v) is 6.54. The van der Waals surface area contributed by atoms with Crippen molar-refractivity contribution in [2.24, 2.45) is 0 Å². The molecule has 21 heavy (non-hydrogen) atoms. The standard InChI is InChI=1S/C14H19N3O4/c1-18-3-5-20-12-7-10-11(16-9-17-14(10)15)8-13(12)21-6-4-19-2/h7-9H,3-6H2,1-2H3,(H2,15,16,17). The third-order valence-corrected chi connectivity index (χ3v) is 2.82. The highest BCUT2D eigenvalue weighted by Crippen LogP contribution is 2.33. The van der Waals surface area contributed by atoms with Crippen LogP contribution in [0.5, 0.6) is 11.5 Å². The number of hydrogen-bond acceptors (Lipinski definition) is 7. The van der Waals surface area contributed by atoms with Crippen LogP contribution in [0.4, 0.5) is 5.82 Å². The molecule has 1 heterocycles. The molecule has 114 valence electrons. The zero-order valence-corrected chi connectivity index (χ0v) is 12.2. The zero-order valence-electron chi connectivity index (χ0n) is 12.2. The highest BCUT2D eigenvalue weighted by molar-refractivity contribution is 5.90. The van der Waals surface area contributed by atoms with Crippen molar-refractivity contribution in [2.45, 2.75) is 0 Å². The molecule has 0 unspecified atom stereocenters. The van der Waals surface area contributed by atoms with Crippen LogP contribution < -0.4 is 15.2 Å². The van der Waals surface area contributed by atoms with E-state index >= 15 is 0 Å². The van der Waals surface area contributed by atoms with Crippen molar-refractivity contribution in [3.8, 4) is 11.5 Å². The lowest BCUT2D eigenvalue weighted by Crippen LogP contribution is -2.09. The molecule has 0 spiro atoms. The fourth-order valence-corrected chi connectivity index (χ4v) is 1.78. The van der Waals surface area contributed by atoms with Crippen molar-refractivity contribution < 1.29 is 18.9 Å². The number of fused-ring (bicyclic) bond motifs is 1. The maximum absolute atomic E-state index is 5.86. The molecule has 0 fully saturated rings. The molecule has 1 aromatic carbocycles. The molecule has 0 bridgehead atoms. The molecule has 2 N–H and O–H groups in total. The fraction of sp³-hybridized carbons (Fsp3) is 0.429. The number of benzene rings is 1. The van der Waals surface area contributed by atoms with Crippen LogP contribution in [-0.4, -0.2) is 50.6 Å². The Morgan fingerprint density at radius 2 is 1.52 bits per heavy atom. The molecule has 0 aliphatic heterocycles. The number of rotatable bonds is 8. The minimum atomic E-state index is 0.403. The number of hydrogen-bond donors (Lipinski definition) is 1. The summed E-state index contributed by atoms with van der Waals surface area (Å²) in [4.78, 5) is 8.16. The first-order chi connectivity index (χ1) is 10.3. The Morgan fingerprint density at radius 3 is 2.14 bits per heavy atom. The average molecular weight is 293 g/mol. The van der Waals surface area contributed by atoms with Crippen LogP contribution >= 0.6 is 0 Å². The summed E-state index contributed by atoms with van der Waals surface area (Å²) in [6, 6.07) is 3.56. The van der Waals surface area contributed by atoms with Crippen molar-refractivity contribution in [3.63, 3.8) is 0 Å². The van der Waals surface area contributed by atoms with Gasteiger partial charge in [0.25, 0.3) is 0 Å². The van der Waals surface area contributed by atoms with Crippen LogP contribution in [0, 0.1) is 0 Å². The third-order valence-electron chi connectivity index (χ3n) is 2.82. The van der Waals surface area contributed by atoms with Crippen molar-refractivity contribution in [1.82, 2.24) is 9.97 Å². The molecule has 0 saturated carbocycles. The van der Waals surface area contributed by atoms with Gasteiger partial charge >= 0.3 is 0 Å². The highest BCUT2D eigenvalue weighted by Gasteiger charge is 2.11. The number of methoxy groups -OCH3 is 2. The number of aromatic nitrogens is 2. The van der Waals surface area contributed by atoms with E-state index < -0.39 is 0 Å². The second-order valence-corrected chi connectivity index (χ2v) is 4.26. The van der Waals surface area contributed by atoms with Gasteiger partial charge in [-0.2, -0.15) is 0 Å². The molecule has 7 nitrogen and oxygen atoms in total. The van der Waals surface area contributed by atoms with E-state index in [-0.39, 0.29) is 0 Å². The lowest BCUT2D eigenvalue weighted by Gasteiger charge is -2.14. The summed E-state index contributed by atoms with van der Waals surface area (Å²) >= 11 is 0. The van der Waals surface area contributed by atoms with Gasteiger partial charge in [-0.05, 0) is 6.07 Å². The Labute approximate surface area is 123 Å². The molecule has 2 aromatic rings. The lowest BCUT2D eigenvalue weighted by molar-refractivity contribution is 0.132. The minimum Gasteiger partial charge on any atom is -0.487 e. The Kier molecular flexibility index (Phi) is 5.53. The van der Waals surface area contributed by atoms with Crippen molar-refractivity contribution >= 4 is 16.7 Å². The van der Waals surface area contributed by atoms with E-state index in [1.165, 1.54) is 6.33 Å². The minimum absolute atomic E-state index is 0.403. The first-order valence-electron chi connectivity index (χ1n) is 6.54. The van der Waals surface area contributed by atoms with E-state index in [0.29, 0.717) is 49.3 Å². The average Bonchev–Trinajstić information content (AvgIpc) is 2.49. The number of nitrogens with zero attached hydrogens (tertiary/aromatic N) is 2. The molecule has 0 radical (unpaired) electrons. The van der Waals surface area contributed by atoms with Crippen LogP contribution in [0.15, 0.2) is 18.5 Å². The van der Waals surface area contributed by atoms with Crippen LogP contribution in [-0.2, 0) is 9.47 Å². The van der Waals surface area contributed by atoms with Gasteiger partial charge in [-0.3, -0.25) is 0 Å². The summed E-state index contributed by atoms with van der Waals surface area (Å²) < 4.78 is 21.3. The second-order valence-electron chi connectivity index (χ2n) is 4.26. The maximum Gasteiger partial charge on any atom is 0.163 e. The van der Waals surface area contributed by atoms with Gasteiger partial charge in [-0.25, -0.2) is 9.97 Å². The third kappa shape index (κ3) is 3.93. The molecule has 2 rings (SSSR count). The van der Waals surface area contributed by atoms with Crippen molar-refractivity contribution in [1.29, 1.82) is 0 Å². The second kappa shape index (κ2) is 7.61. The molecule has 0 aliphatic rings. The van der Waals surface area contributed by atoms with E-state index in [0.717, 1.165) is 5.39 Å². The van der Waals surface area contributed by atoms with E-state index in [9.17, 15) is 0 Å². The quantitative estimate of drug-likeness (QED) is 0.733. The number of anilines is 1. The topological polar surface area (TPSA) is 88.7 Å². The maximum atomic E-state index is 5.86. The van der Waals surface area contributed by atoms with Gasteiger partial charge in [0.2, 0.25) is 0 Å². The first kappa shape index (κ1) is 15.3. The van der Waals surface area contributed by atoms with Gasteiger partial charge in [-0.1, -0.05) is 0 Å². The van der Waals surface area contributed by atoms with Crippen molar-refractivity contribution in [2.75, 3.05) is 46.4 Å². The van der Waals surface area contributed by atoms with E-state index in [1.54, 1.807) is 26.4 Å². The van der Waals surface area contributed by atoms with Gasteiger partial charge in [0, 0.05) is 25.7 Å². The van der Waals surface area contributed by atoms with E-state index in [4.69, 9.17) is 24.7 Å². The monoisotopic (exact) mass is 293 g/mol. The normalized spacial score (nSPS) is 10.8. The van der Waals surface area contributed by atoms with E-state index in [1.807, 2.05) is 0 Å². The Bertz CT molecular complexity index is 592. The number of ether oxygens (including phenoxy) is 4. The summed E-state index contributed by atoms with van der Waals surface area (Å²) in [7, 11) is 3.24. The highest BCUT2D eigenvalue weighted by atomic mass is 16.5. The molecule has 0 atom stereocenters. The van der Waals surface area contributed by atoms with Crippen LogP contribution in [0.2, 0.25) is 0 Å². The fourth-order valence-electron chi connectivity index (χ4n) is 1.78. The SMILES string of the molecule is COCCOc1cc2ncnc(N)c2cc1OCCOC. The number of nitrogen functional groups attached to an aromatic ring is 1. The molecule has 0 aliphatic carbocycles. The molecule has 7 heteroatoms. The Balaban J connectivity index is 2.29. The summed E-state index contributed by atoms with van der Waals surface area (Å²) in [6.45, 7) is 1.80. The van der Waals surface area contributed by atoms with Gasteiger partial charge in [0.05, 0.1) is 18.7 Å². The van der Waals surface area contributed by atoms with Gasteiger partial charge < -0.3 is 24.7 Å². The number of nitrogens with two attached hydrogens (primary N) is 1. The molecule has 0 amide bonds. The summed E-state index contributed by atoms with van der Waals surface area (Å²) in [6.07, 6.45) is 1.42. The molecular formula is C14H19N3O4. The van der Waals surface area contributed by atoms with Crippen LogP contribution in [0.25, 0.3) is 10.9 Å². The lowest BCUT2D eigenvalue weighted by atomic mass is 10.2. The predicted octanol–water partition coefficient (Wildman–Crippen LogP) is 1.26. The molecular weight excluding hydrogens is 274 g/mol.